The van der Waals surface area contributed by atoms with E-state index in [0.717, 1.165) is 95.0 Å². The van der Waals surface area contributed by atoms with Gasteiger partial charge in [0.05, 0.1) is 33.6 Å². The zero-order valence-corrected chi connectivity index (χ0v) is 37.0. The number of benzene rings is 9. The quantitative estimate of drug-likeness (QED) is 0.153. The topological polar surface area (TPSA) is 35.1 Å². The van der Waals surface area contributed by atoms with Gasteiger partial charge < -0.3 is 4.57 Å². The van der Waals surface area contributed by atoms with Crippen LogP contribution in [0.15, 0.2) is 255 Å². The summed E-state index contributed by atoms with van der Waals surface area (Å²) in [7, 11) is 0. The van der Waals surface area contributed by atoms with E-state index in [1.165, 1.54) is 27.2 Å². The molecule has 4 aromatic heterocycles. The van der Waals surface area contributed by atoms with Gasteiger partial charge in [0.15, 0.2) is 0 Å². The molecule has 0 bridgehead atoms. The molecule has 318 valence electrons. The lowest BCUT2D eigenvalue weighted by Gasteiger charge is -2.15. The van der Waals surface area contributed by atoms with Crippen LogP contribution in [0, 0.1) is 0 Å². The molecule has 0 spiro atoms. The molecule has 0 saturated carbocycles. The summed E-state index contributed by atoms with van der Waals surface area (Å²) in [5, 5.41) is 10.2. The molecule has 0 amide bonds. The van der Waals surface area contributed by atoms with Crippen molar-refractivity contribution in [3.8, 4) is 84.1 Å². The van der Waals surface area contributed by atoms with Crippen LogP contribution in [-0.2, 0) is 0 Å². The fourth-order valence-corrected chi connectivity index (χ4v) is 10.2. The lowest BCUT2D eigenvalue weighted by atomic mass is 9.92. The van der Waals surface area contributed by atoms with Crippen molar-refractivity contribution < 1.29 is 0 Å². The van der Waals surface area contributed by atoms with Gasteiger partial charge in [0.25, 0.3) is 0 Å². The Morgan fingerprint density at radius 1 is 0.309 bits per heavy atom. The summed E-state index contributed by atoms with van der Waals surface area (Å²) in [5.41, 5.74) is 19.5. The Morgan fingerprint density at radius 2 is 0.824 bits per heavy atom. The zero-order valence-electron chi connectivity index (χ0n) is 37.0. The highest BCUT2D eigenvalue weighted by molar-refractivity contribution is 6.13. The number of fused-ring (bicyclic) bond motifs is 6. The highest BCUT2D eigenvalue weighted by atomic mass is 15.2. The monoisotopic (exact) mass is 866 g/mol. The van der Waals surface area contributed by atoms with Gasteiger partial charge in [-0.2, -0.15) is 5.10 Å². The Morgan fingerprint density at radius 3 is 1.49 bits per heavy atom. The number of hydrogen-bond donors (Lipinski definition) is 0. The summed E-state index contributed by atoms with van der Waals surface area (Å²) >= 11 is 0. The number of rotatable bonds is 8. The van der Waals surface area contributed by atoms with Crippen LogP contribution in [0.4, 0.5) is 0 Å². The number of nitrogens with zero attached hydrogens (tertiary/aromatic N) is 4. The van der Waals surface area contributed by atoms with Crippen molar-refractivity contribution in [2.24, 2.45) is 0 Å². The second-order valence-electron chi connectivity index (χ2n) is 17.4. The SMILES string of the molecule is c1ccc(-c2cc(-c3ccc(-c4cccc5c4cc(-c4ccccc4)n4nc(-c6ccccc6)c(-c6ccccc6)c54)cc3)cc(-c3cccc(-n4c5ccccc5c5ccccc54)c3)n2)cc1. The summed E-state index contributed by atoms with van der Waals surface area (Å²) in [5.74, 6) is 0. The molecule has 0 aliphatic carbocycles. The first kappa shape index (κ1) is 39.3. The van der Waals surface area contributed by atoms with Gasteiger partial charge in [-0.25, -0.2) is 9.50 Å². The molecule has 0 fully saturated rings. The van der Waals surface area contributed by atoms with Crippen LogP contribution in [0.3, 0.4) is 0 Å². The predicted molar refractivity (Wildman–Crippen MR) is 283 cm³/mol. The molecule has 0 unspecified atom stereocenters. The summed E-state index contributed by atoms with van der Waals surface area (Å²) < 4.78 is 4.53. The highest BCUT2D eigenvalue weighted by Crippen LogP contribution is 2.43. The Kier molecular flexibility index (Phi) is 9.47. The molecule has 0 N–H and O–H groups in total. The second-order valence-corrected chi connectivity index (χ2v) is 17.4. The fourth-order valence-electron chi connectivity index (χ4n) is 10.2. The third-order valence-electron chi connectivity index (χ3n) is 13.3. The first-order valence-electron chi connectivity index (χ1n) is 23.2. The van der Waals surface area contributed by atoms with E-state index in [9.17, 15) is 0 Å². The van der Waals surface area contributed by atoms with Crippen molar-refractivity contribution in [2.45, 2.75) is 0 Å². The van der Waals surface area contributed by atoms with Crippen molar-refractivity contribution >= 4 is 38.1 Å². The minimum atomic E-state index is 0.921. The summed E-state index contributed by atoms with van der Waals surface area (Å²) in [6, 6.07) is 91.0. The summed E-state index contributed by atoms with van der Waals surface area (Å²) in [6.45, 7) is 0. The van der Waals surface area contributed by atoms with E-state index in [2.05, 4.69) is 264 Å². The molecule has 0 saturated heterocycles. The van der Waals surface area contributed by atoms with Crippen LogP contribution in [0.25, 0.3) is 122 Å². The van der Waals surface area contributed by atoms with E-state index in [-0.39, 0.29) is 0 Å². The molecule has 4 heterocycles. The maximum Gasteiger partial charge on any atom is 0.101 e. The highest BCUT2D eigenvalue weighted by Gasteiger charge is 2.23. The van der Waals surface area contributed by atoms with Crippen LogP contribution < -0.4 is 0 Å². The maximum absolute atomic E-state index is 5.44. The largest absolute Gasteiger partial charge is 0.309 e. The third-order valence-corrected chi connectivity index (χ3v) is 13.3. The number of para-hydroxylation sites is 2. The normalized spacial score (nSPS) is 11.5. The minimum Gasteiger partial charge on any atom is -0.309 e. The van der Waals surface area contributed by atoms with Gasteiger partial charge >= 0.3 is 0 Å². The van der Waals surface area contributed by atoms with E-state index >= 15 is 0 Å². The molecule has 13 aromatic rings. The average Bonchev–Trinajstić information content (AvgIpc) is 3.99. The van der Waals surface area contributed by atoms with E-state index in [4.69, 9.17) is 10.1 Å². The van der Waals surface area contributed by atoms with Crippen molar-refractivity contribution in [3.63, 3.8) is 0 Å². The minimum absolute atomic E-state index is 0.921. The van der Waals surface area contributed by atoms with Crippen molar-refractivity contribution in [1.29, 1.82) is 0 Å². The molecule has 0 aliphatic rings. The predicted octanol–water partition coefficient (Wildman–Crippen LogP) is 16.6. The Balaban J connectivity index is 0.961. The molecular weight excluding hydrogens is 825 g/mol. The number of hydrogen-bond acceptors (Lipinski definition) is 2. The van der Waals surface area contributed by atoms with Crippen LogP contribution >= 0.6 is 0 Å². The first-order valence-corrected chi connectivity index (χ1v) is 23.2. The molecule has 4 nitrogen and oxygen atoms in total. The maximum atomic E-state index is 5.44. The lowest BCUT2D eigenvalue weighted by molar-refractivity contribution is 0.979. The van der Waals surface area contributed by atoms with Crippen LogP contribution in [0.5, 0.6) is 0 Å². The van der Waals surface area contributed by atoms with E-state index in [1.54, 1.807) is 0 Å². The summed E-state index contributed by atoms with van der Waals surface area (Å²) in [6.07, 6.45) is 0. The summed E-state index contributed by atoms with van der Waals surface area (Å²) in [4.78, 5) is 5.34. The second kappa shape index (κ2) is 16.4. The van der Waals surface area contributed by atoms with Crippen LogP contribution in [0.1, 0.15) is 0 Å². The van der Waals surface area contributed by atoms with Gasteiger partial charge in [-0.1, -0.05) is 212 Å². The molecule has 4 heteroatoms. The molecule has 0 atom stereocenters. The molecule has 9 aromatic carbocycles. The fraction of sp³-hybridized carbons (Fsp3) is 0. The smallest absolute Gasteiger partial charge is 0.101 e. The van der Waals surface area contributed by atoms with E-state index in [1.807, 2.05) is 0 Å². The standard InChI is InChI=1S/C64H42N4/c1-5-19-45(20-6-1)57-40-50(41-58(65-57)49-27-17-28-51(39-49)67-59-33-15-13-29-53(59)54-30-14-16-34-60(54)67)43-35-37-44(38-36-43)52-31-18-32-55-56(52)42-61(46-21-7-2-8-22-46)68-64(55)62(47-23-9-3-10-24-47)63(66-68)48-25-11-4-12-26-48/h1-42H. The van der Waals surface area contributed by atoms with Gasteiger partial charge in [-0.05, 0) is 75.7 Å². The van der Waals surface area contributed by atoms with Gasteiger partial charge in [0.1, 0.15) is 5.69 Å². The first-order chi connectivity index (χ1) is 33.7. The van der Waals surface area contributed by atoms with Crippen molar-refractivity contribution in [1.82, 2.24) is 19.2 Å². The van der Waals surface area contributed by atoms with Gasteiger partial charge in [-0.15, -0.1) is 0 Å². The zero-order chi connectivity index (χ0) is 45.0. The van der Waals surface area contributed by atoms with Gasteiger partial charge in [0.2, 0.25) is 0 Å². The van der Waals surface area contributed by atoms with Crippen LogP contribution in [-0.4, -0.2) is 19.2 Å². The van der Waals surface area contributed by atoms with E-state index < -0.39 is 0 Å². The molecule has 0 aliphatic heterocycles. The van der Waals surface area contributed by atoms with Gasteiger partial charge in [-0.3, -0.25) is 0 Å². The molecule has 68 heavy (non-hydrogen) atoms. The number of aromatic nitrogens is 4. The van der Waals surface area contributed by atoms with E-state index in [0.29, 0.717) is 0 Å². The Hall–Kier alpha value is -9.12. The van der Waals surface area contributed by atoms with Crippen molar-refractivity contribution in [2.75, 3.05) is 0 Å². The molecule has 13 rings (SSSR count). The third kappa shape index (κ3) is 6.69. The molecular formula is C64H42N4. The van der Waals surface area contributed by atoms with Gasteiger partial charge in [0, 0.05) is 49.7 Å². The van der Waals surface area contributed by atoms with Crippen molar-refractivity contribution in [3.05, 3.63) is 255 Å². The molecule has 0 radical (unpaired) electrons. The Labute approximate surface area is 394 Å². The lowest BCUT2D eigenvalue weighted by Crippen LogP contribution is -1.97. The number of pyridine rings is 2. The van der Waals surface area contributed by atoms with Crippen LogP contribution in [0.2, 0.25) is 0 Å². The Bertz CT molecular complexity index is 3930. The average molecular weight is 867 g/mol.